The summed E-state index contributed by atoms with van der Waals surface area (Å²) in [5.41, 5.74) is 0.0694. The Morgan fingerprint density at radius 2 is 2.19 bits per heavy atom. The van der Waals surface area contributed by atoms with Crippen molar-refractivity contribution in [1.29, 1.82) is 0 Å². The zero-order valence-corrected chi connectivity index (χ0v) is 12.6. The SMILES string of the molecule is COC(=O)c1coc(S(=O)(=O)NCCN2CCNCC2)c1. The molecule has 0 bridgehead atoms. The van der Waals surface area contributed by atoms with Crippen molar-refractivity contribution < 1.29 is 22.4 Å². The lowest BCUT2D eigenvalue weighted by Gasteiger charge is -2.26. The van der Waals surface area contributed by atoms with E-state index in [1.165, 1.54) is 7.11 Å². The second kappa shape index (κ2) is 7.03. The van der Waals surface area contributed by atoms with E-state index in [0.717, 1.165) is 38.5 Å². The number of rotatable bonds is 6. The fraction of sp³-hybridized carbons (Fsp3) is 0.583. The maximum absolute atomic E-state index is 12.0. The van der Waals surface area contributed by atoms with Crippen LogP contribution in [0.2, 0.25) is 0 Å². The number of methoxy groups -OCH3 is 1. The largest absolute Gasteiger partial charge is 0.465 e. The molecule has 9 heteroatoms. The number of hydrogen-bond donors (Lipinski definition) is 2. The van der Waals surface area contributed by atoms with Gasteiger partial charge in [0.25, 0.3) is 10.0 Å². The Labute approximate surface area is 123 Å². The molecule has 2 rings (SSSR count). The van der Waals surface area contributed by atoms with E-state index in [0.29, 0.717) is 6.54 Å². The Morgan fingerprint density at radius 3 is 2.86 bits per heavy atom. The van der Waals surface area contributed by atoms with Crippen molar-refractivity contribution in [2.75, 3.05) is 46.4 Å². The summed E-state index contributed by atoms with van der Waals surface area (Å²) in [5, 5.41) is 2.94. The number of carbonyl (C=O) groups excluding carboxylic acids is 1. The van der Waals surface area contributed by atoms with E-state index < -0.39 is 16.0 Å². The van der Waals surface area contributed by atoms with Gasteiger partial charge in [0.2, 0.25) is 5.09 Å². The number of hydrogen-bond acceptors (Lipinski definition) is 7. The van der Waals surface area contributed by atoms with Crippen LogP contribution in [-0.2, 0) is 14.8 Å². The molecule has 2 N–H and O–H groups in total. The summed E-state index contributed by atoms with van der Waals surface area (Å²) in [6.45, 7) is 4.53. The van der Waals surface area contributed by atoms with Gasteiger partial charge in [0, 0.05) is 45.3 Å². The number of carbonyl (C=O) groups is 1. The number of esters is 1. The first kappa shape index (κ1) is 16.0. The minimum atomic E-state index is -3.75. The van der Waals surface area contributed by atoms with Crippen molar-refractivity contribution in [2.45, 2.75) is 5.09 Å². The molecule has 0 unspecified atom stereocenters. The quantitative estimate of drug-likeness (QED) is 0.666. The standard InChI is InChI=1S/C12H19N3O5S/c1-19-12(16)10-8-11(20-9-10)21(17,18)14-4-7-15-5-2-13-3-6-15/h8-9,13-14H,2-7H2,1H3. The molecule has 1 saturated heterocycles. The monoisotopic (exact) mass is 317 g/mol. The van der Waals surface area contributed by atoms with Crippen LogP contribution >= 0.6 is 0 Å². The molecule has 0 amide bonds. The van der Waals surface area contributed by atoms with Crippen molar-refractivity contribution >= 4 is 16.0 Å². The van der Waals surface area contributed by atoms with Gasteiger partial charge in [-0.05, 0) is 0 Å². The maximum atomic E-state index is 12.0. The normalized spacial score (nSPS) is 16.8. The minimum Gasteiger partial charge on any atom is -0.465 e. The molecule has 1 fully saturated rings. The molecule has 0 aliphatic carbocycles. The lowest BCUT2D eigenvalue weighted by Crippen LogP contribution is -2.46. The third-order valence-electron chi connectivity index (χ3n) is 3.19. The summed E-state index contributed by atoms with van der Waals surface area (Å²) in [6.07, 6.45) is 1.07. The molecular formula is C12H19N3O5S. The van der Waals surface area contributed by atoms with Gasteiger partial charge in [-0.3, -0.25) is 4.90 Å². The summed E-state index contributed by atoms with van der Waals surface area (Å²) in [6, 6.07) is 1.15. The molecule has 1 aromatic heterocycles. The number of nitrogens with one attached hydrogen (secondary N) is 2. The van der Waals surface area contributed by atoms with Gasteiger partial charge in [0.05, 0.1) is 12.7 Å². The molecule has 1 aromatic rings. The van der Waals surface area contributed by atoms with Crippen LogP contribution in [0.1, 0.15) is 10.4 Å². The van der Waals surface area contributed by atoms with Gasteiger partial charge in [-0.15, -0.1) is 0 Å². The number of piperazine rings is 1. The van der Waals surface area contributed by atoms with Crippen LogP contribution in [0.25, 0.3) is 0 Å². The summed E-state index contributed by atoms with van der Waals surface area (Å²) in [5.74, 6) is -0.638. The smallest absolute Gasteiger partial charge is 0.341 e. The molecule has 21 heavy (non-hydrogen) atoms. The van der Waals surface area contributed by atoms with Crippen LogP contribution < -0.4 is 10.0 Å². The van der Waals surface area contributed by atoms with Crippen LogP contribution in [0, 0.1) is 0 Å². The van der Waals surface area contributed by atoms with Gasteiger partial charge in [0.15, 0.2) is 0 Å². The predicted octanol–water partition coefficient (Wildman–Crippen LogP) is -0.750. The van der Waals surface area contributed by atoms with Crippen molar-refractivity contribution in [3.8, 4) is 0 Å². The Kier molecular flexibility index (Phi) is 5.34. The molecule has 2 heterocycles. The zero-order chi connectivity index (χ0) is 15.3. The molecule has 1 aliphatic rings. The maximum Gasteiger partial charge on any atom is 0.341 e. The second-order valence-electron chi connectivity index (χ2n) is 4.64. The molecule has 0 spiro atoms. The van der Waals surface area contributed by atoms with Crippen molar-refractivity contribution in [1.82, 2.24) is 14.9 Å². The van der Waals surface area contributed by atoms with Gasteiger partial charge in [-0.25, -0.2) is 17.9 Å². The van der Waals surface area contributed by atoms with Gasteiger partial charge in [0.1, 0.15) is 6.26 Å². The van der Waals surface area contributed by atoms with Crippen LogP contribution in [-0.4, -0.2) is 65.7 Å². The van der Waals surface area contributed by atoms with Crippen molar-refractivity contribution in [3.63, 3.8) is 0 Å². The molecule has 0 radical (unpaired) electrons. The molecule has 0 saturated carbocycles. The number of nitrogens with zero attached hydrogens (tertiary/aromatic N) is 1. The average molecular weight is 317 g/mol. The highest BCUT2D eigenvalue weighted by atomic mass is 32.2. The van der Waals surface area contributed by atoms with E-state index in [2.05, 4.69) is 19.7 Å². The molecule has 8 nitrogen and oxygen atoms in total. The van der Waals surface area contributed by atoms with Gasteiger partial charge < -0.3 is 14.5 Å². The Bertz CT molecular complexity index is 577. The molecule has 0 aromatic carbocycles. The number of sulfonamides is 1. The molecule has 1 aliphatic heterocycles. The summed E-state index contributed by atoms with van der Waals surface area (Å²) >= 11 is 0. The van der Waals surface area contributed by atoms with E-state index in [4.69, 9.17) is 4.42 Å². The first-order valence-electron chi connectivity index (χ1n) is 6.62. The van der Waals surface area contributed by atoms with Crippen LogP contribution in [0.5, 0.6) is 0 Å². The van der Waals surface area contributed by atoms with E-state index in [9.17, 15) is 13.2 Å². The first-order valence-corrected chi connectivity index (χ1v) is 8.11. The van der Waals surface area contributed by atoms with E-state index in [1.54, 1.807) is 0 Å². The fourth-order valence-corrected chi connectivity index (χ4v) is 2.99. The number of furan rings is 1. The summed E-state index contributed by atoms with van der Waals surface area (Å²) in [7, 11) is -2.53. The first-order chi connectivity index (χ1) is 10.0. The predicted molar refractivity (Wildman–Crippen MR) is 74.5 cm³/mol. The highest BCUT2D eigenvalue weighted by Crippen LogP contribution is 2.14. The lowest BCUT2D eigenvalue weighted by molar-refractivity contribution is 0.0600. The Hall–Kier alpha value is -1.42. The van der Waals surface area contributed by atoms with Gasteiger partial charge >= 0.3 is 5.97 Å². The fourth-order valence-electron chi connectivity index (χ4n) is 2.03. The highest BCUT2D eigenvalue weighted by molar-refractivity contribution is 7.89. The number of ether oxygens (including phenoxy) is 1. The third-order valence-corrected chi connectivity index (χ3v) is 4.52. The summed E-state index contributed by atoms with van der Waals surface area (Å²) in [4.78, 5) is 13.4. The van der Waals surface area contributed by atoms with E-state index in [-0.39, 0.29) is 17.2 Å². The Morgan fingerprint density at radius 1 is 1.48 bits per heavy atom. The van der Waals surface area contributed by atoms with Crippen LogP contribution in [0.15, 0.2) is 21.8 Å². The molecule has 0 atom stereocenters. The van der Waals surface area contributed by atoms with E-state index in [1.807, 2.05) is 0 Å². The average Bonchev–Trinajstić information content (AvgIpc) is 2.98. The Balaban J connectivity index is 1.89. The van der Waals surface area contributed by atoms with Crippen LogP contribution in [0.4, 0.5) is 0 Å². The topological polar surface area (TPSA) is 101 Å². The second-order valence-corrected chi connectivity index (χ2v) is 6.33. The van der Waals surface area contributed by atoms with Crippen LogP contribution in [0.3, 0.4) is 0 Å². The van der Waals surface area contributed by atoms with Gasteiger partial charge in [-0.1, -0.05) is 0 Å². The highest BCUT2D eigenvalue weighted by Gasteiger charge is 2.21. The molecular weight excluding hydrogens is 298 g/mol. The van der Waals surface area contributed by atoms with Gasteiger partial charge in [-0.2, -0.15) is 0 Å². The third kappa shape index (κ3) is 4.27. The lowest BCUT2D eigenvalue weighted by atomic mass is 10.3. The van der Waals surface area contributed by atoms with Crippen molar-refractivity contribution in [3.05, 3.63) is 17.9 Å². The van der Waals surface area contributed by atoms with Crippen molar-refractivity contribution in [2.24, 2.45) is 0 Å². The molecule has 118 valence electrons. The summed E-state index contributed by atoms with van der Waals surface area (Å²) < 4.78 is 35.9. The minimum absolute atomic E-state index is 0.0694. The van der Waals surface area contributed by atoms with E-state index >= 15 is 0 Å². The zero-order valence-electron chi connectivity index (χ0n) is 11.8.